The van der Waals surface area contributed by atoms with Crippen LogP contribution in [-0.2, 0) is 21.4 Å². The van der Waals surface area contributed by atoms with Crippen molar-refractivity contribution in [2.75, 3.05) is 20.2 Å². The highest BCUT2D eigenvalue weighted by atomic mass is 16.6. The number of hydrogen-bond acceptors (Lipinski definition) is 8. The van der Waals surface area contributed by atoms with E-state index in [4.69, 9.17) is 14.6 Å². The van der Waals surface area contributed by atoms with Gasteiger partial charge in [-0.15, -0.1) is 0 Å². The van der Waals surface area contributed by atoms with Crippen molar-refractivity contribution in [3.8, 4) is 17.2 Å². The smallest absolute Gasteiger partial charge is 0.339 e. The van der Waals surface area contributed by atoms with Gasteiger partial charge in [0.2, 0.25) is 0 Å². The van der Waals surface area contributed by atoms with Gasteiger partial charge in [-0.05, 0) is 93.5 Å². The van der Waals surface area contributed by atoms with Crippen molar-refractivity contribution >= 4 is 11.9 Å². The quantitative estimate of drug-likeness (QED) is 0.267. The lowest BCUT2D eigenvalue weighted by molar-refractivity contribution is -0.312. The third kappa shape index (κ3) is 4.45. The molecular weight excluding hydrogens is 598 g/mol. The van der Waals surface area contributed by atoms with Gasteiger partial charge >= 0.3 is 11.9 Å². The molecule has 2 aromatic carbocycles. The van der Waals surface area contributed by atoms with Crippen LogP contribution in [0.25, 0.3) is 0 Å². The molecule has 0 unspecified atom stereocenters. The number of phenolic OH excluding ortho intramolecular Hbond substituents is 1. The monoisotopic (exact) mass is 647 g/mol. The number of aromatic carboxylic acids is 1. The first-order valence-corrected chi connectivity index (χ1v) is 17.2. The molecule has 254 valence electrons. The maximum Gasteiger partial charge on any atom is 0.339 e. The van der Waals surface area contributed by atoms with E-state index in [1.165, 1.54) is 49.6 Å². The number of phenols is 1. The minimum atomic E-state index is -1.11. The number of likely N-dealkylation sites (tertiary alicyclic amines) is 1. The first kappa shape index (κ1) is 32.4. The zero-order chi connectivity index (χ0) is 33.7. The Morgan fingerprint density at radius 2 is 1.79 bits per heavy atom. The molecule has 9 nitrogen and oxygen atoms in total. The van der Waals surface area contributed by atoms with Gasteiger partial charge in [0.15, 0.2) is 11.5 Å². The molecule has 0 amide bonds. The molecule has 5 fully saturated rings. The lowest BCUT2D eigenvalue weighted by atomic mass is 9.33. The van der Waals surface area contributed by atoms with E-state index in [-0.39, 0.29) is 45.3 Å². The number of aromatic hydroxyl groups is 1. The molecular formula is C38H49NO8. The Hall–Kier alpha value is -3.14. The number of ether oxygens (including phenoxy) is 3. The van der Waals surface area contributed by atoms with Crippen molar-refractivity contribution in [3.63, 3.8) is 0 Å². The second kappa shape index (κ2) is 10.7. The molecule has 2 aromatic rings. The van der Waals surface area contributed by atoms with Gasteiger partial charge in [-0.3, -0.25) is 9.69 Å². The van der Waals surface area contributed by atoms with Crippen molar-refractivity contribution in [1.82, 2.24) is 4.90 Å². The van der Waals surface area contributed by atoms with E-state index < -0.39 is 23.1 Å². The standard InChI is InChI=1S/C29H41NO4.C9H8O4/c1-25(2,3)26(4,32)20-15-27-10-11-29(20,33-5)24-28(27)12-13-30(16-17-6-7-17)21(27)14-18-8-9-19(31)23(34-24)22(18)28;1-6(10)13-8-5-3-2-4-7(8)9(11)12/h8-9,17,20-21,24,31-32H,6-7,10-16H2,1-5H3;2-5H,1H3,(H,11,12)/t20-,21-,24-,26+,27-,28+,29+;/m1./s1. The predicted octanol–water partition coefficient (Wildman–Crippen LogP) is 5.72. The summed E-state index contributed by atoms with van der Waals surface area (Å²) in [5, 5.41) is 31.8. The number of carbonyl (C=O) groups is 2. The molecule has 3 N–H and O–H groups in total. The summed E-state index contributed by atoms with van der Waals surface area (Å²) in [6.07, 6.45) is 7.64. The predicted molar refractivity (Wildman–Crippen MR) is 175 cm³/mol. The van der Waals surface area contributed by atoms with Crippen LogP contribution in [0.4, 0.5) is 0 Å². The van der Waals surface area contributed by atoms with Crippen LogP contribution in [0.15, 0.2) is 36.4 Å². The van der Waals surface area contributed by atoms with Gasteiger partial charge in [0, 0.05) is 48.9 Å². The third-order valence-corrected chi connectivity index (χ3v) is 13.2. The van der Waals surface area contributed by atoms with Gasteiger partial charge in [-0.2, -0.15) is 0 Å². The summed E-state index contributed by atoms with van der Waals surface area (Å²) < 4.78 is 18.1. The summed E-state index contributed by atoms with van der Waals surface area (Å²) in [6, 6.07) is 10.4. The lowest BCUT2D eigenvalue weighted by Crippen LogP contribution is -2.83. The summed E-state index contributed by atoms with van der Waals surface area (Å²) >= 11 is 0. The molecule has 47 heavy (non-hydrogen) atoms. The fraction of sp³-hybridized carbons (Fsp3) is 0.632. The topological polar surface area (TPSA) is 126 Å². The van der Waals surface area contributed by atoms with Gasteiger partial charge in [0.05, 0.1) is 5.60 Å². The molecule has 1 saturated heterocycles. The molecule has 7 atom stereocenters. The maximum atomic E-state index is 12.2. The van der Waals surface area contributed by atoms with Gasteiger partial charge in [-0.1, -0.05) is 39.0 Å². The number of esters is 1. The summed E-state index contributed by atoms with van der Waals surface area (Å²) in [7, 11) is 1.83. The maximum absolute atomic E-state index is 12.2. The Morgan fingerprint density at radius 3 is 2.43 bits per heavy atom. The highest BCUT2D eigenvalue weighted by Gasteiger charge is 2.82. The summed E-state index contributed by atoms with van der Waals surface area (Å²) in [6.45, 7) is 12.0. The van der Waals surface area contributed by atoms with Crippen LogP contribution in [0, 0.1) is 22.7 Å². The Morgan fingerprint density at radius 1 is 1.06 bits per heavy atom. The highest BCUT2D eigenvalue weighted by Crippen LogP contribution is 2.78. The fourth-order valence-electron chi connectivity index (χ4n) is 10.5. The summed E-state index contributed by atoms with van der Waals surface area (Å²) in [5.41, 5.74) is 0.767. The SMILES string of the molecule is CC(=O)Oc1ccccc1C(=O)O.CO[C@@]12CC[C@@]3(C[C@@H]1[C@](C)(O)C(C)(C)C)[C@H]1Cc4ccc(O)c5c4[C@@]3(CCN1CC1CC1)[C@H]2O5. The van der Waals surface area contributed by atoms with Crippen LogP contribution in [0.5, 0.6) is 17.2 Å². The van der Waals surface area contributed by atoms with E-state index in [1.807, 2.05) is 20.1 Å². The number of hydrogen-bond donors (Lipinski definition) is 3. The van der Waals surface area contributed by atoms with E-state index in [9.17, 15) is 19.8 Å². The number of carboxylic acid groups (broad SMARTS) is 1. The number of piperidine rings is 1. The molecule has 9 heteroatoms. The zero-order valence-electron chi connectivity index (χ0n) is 28.5. The van der Waals surface area contributed by atoms with Crippen molar-refractivity contribution in [3.05, 3.63) is 53.1 Å². The largest absolute Gasteiger partial charge is 0.504 e. The Kier molecular flexibility index (Phi) is 7.36. The average molecular weight is 648 g/mol. The van der Waals surface area contributed by atoms with Gasteiger partial charge in [0.25, 0.3) is 0 Å². The number of fused-ring (bicyclic) bond motifs is 2. The Bertz CT molecular complexity index is 1610. The van der Waals surface area contributed by atoms with E-state index in [0.717, 1.165) is 44.6 Å². The van der Waals surface area contributed by atoms with E-state index in [0.29, 0.717) is 11.8 Å². The number of carboxylic acids is 1. The Balaban J connectivity index is 0.000000229. The summed E-state index contributed by atoms with van der Waals surface area (Å²) in [4.78, 5) is 24.0. The molecule has 0 aromatic heterocycles. The van der Waals surface area contributed by atoms with Crippen LogP contribution in [-0.4, -0.2) is 75.7 Å². The average Bonchev–Trinajstić information content (AvgIpc) is 3.76. The molecule has 2 aliphatic heterocycles. The molecule has 7 aliphatic rings. The number of carbonyl (C=O) groups excluding carboxylic acids is 1. The fourth-order valence-corrected chi connectivity index (χ4v) is 10.5. The number of aliphatic hydroxyl groups is 1. The second-order valence-corrected chi connectivity index (χ2v) is 16.2. The van der Waals surface area contributed by atoms with Crippen LogP contribution < -0.4 is 9.47 Å². The molecule has 4 bridgehead atoms. The number of rotatable bonds is 6. The van der Waals surface area contributed by atoms with Crippen molar-refractivity contribution < 1.29 is 39.1 Å². The van der Waals surface area contributed by atoms with Gasteiger partial charge < -0.3 is 29.5 Å². The minimum absolute atomic E-state index is 0.0160. The van der Waals surface area contributed by atoms with Crippen LogP contribution in [0.3, 0.4) is 0 Å². The van der Waals surface area contributed by atoms with Gasteiger partial charge in [0.1, 0.15) is 23.0 Å². The molecule has 2 spiro atoms. The summed E-state index contributed by atoms with van der Waals surface area (Å²) in [5.74, 6) is 0.226. The second-order valence-electron chi connectivity index (χ2n) is 16.2. The molecule has 5 aliphatic carbocycles. The number of benzene rings is 2. The van der Waals surface area contributed by atoms with E-state index >= 15 is 0 Å². The third-order valence-electron chi connectivity index (χ3n) is 13.2. The zero-order valence-corrected chi connectivity index (χ0v) is 28.5. The first-order valence-electron chi connectivity index (χ1n) is 17.2. The van der Waals surface area contributed by atoms with Crippen molar-refractivity contribution in [1.29, 1.82) is 0 Å². The first-order chi connectivity index (χ1) is 22.1. The number of methoxy groups -OCH3 is 1. The molecule has 0 radical (unpaired) electrons. The highest BCUT2D eigenvalue weighted by molar-refractivity contribution is 5.91. The van der Waals surface area contributed by atoms with Crippen LogP contribution >= 0.6 is 0 Å². The van der Waals surface area contributed by atoms with Crippen LogP contribution in [0.2, 0.25) is 0 Å². The van der Waals surface area contributed by atoms with E-state index in [2.05, 4.69) is 36.5 Å². The number of nitrogens with zero attached hydrogens (tertiary/aromatic N) is 1. The van der Waals surface area contributed by atoms with Crippen molar-refractivity contribution in [2.45, 2.75) is 108 Å². The normalized spacial score (nSPS) is 34.3. The van der Waals surface area contributed by atoms with Crippen LogP contribution in [0.1, 0.15) is 94.6 Å². The van der Waals surface area contributed by atoms with Gasteiger partial charge in [-0.25, -0.2) is 4.79 Å². The molecule has 9 rings (SSSR count). The molecule has 4 saturated carbocycles. The van der Waals surface area contributed by atoms with E-state index in [1.54, 1.807) is 12.1 Å². The Labute approximate surface area is 277 Å². The lowest BCUT2D eigenvalue weighted by Gasteiger charge is -2.75. The minimum Gasteiger partial charge on any atom is -0.504 e. The molecule has 2 heterocycles. The number of para-hydroxylation sites is 1. The van der Waals surface area contributed by atoms with Crippen molar-refractivity contribution in [2.24, 2.45) is 22.7 Å².